The van der Waals surface area contributed by atoms with Gasteiger partial charge in [-0.3, -0.25) is 4.79 Å². The van der Waals surface area contributed by atoms with Crippen molar-refractivity contribution >= 4 is 13.1 Å². The molecule has 0 saturated heterocycles. The Hall–Kier alpha value is -0.615. The molecule has 0 spiro atoms. The van der Waals surface area contributed by atoms with Crippen LogP contribution >= 0.6 is 0 Å². The highest BCUT2D eigenvalue weighted by Gasteiger charge is 2.39. The summed E-state index contributed by atoms with van der Waals surface area (Å²) >= 11 is 0. The Balaban J connectivity index is 2.51. The molecule has 0 aliphatic heterocycles. The van der Waals surface area contributed by atoms with E-state index in [1.54, 1.807) is 0 Å². The van der Waals surface area contributed by atoms with Gasteiger partial charge in [0.2, 0.25) is 0 Å². The molecule has 3 unspecified atom stereocenters. The molecule has 1 rings (SSSR count). The van der Waals surface area contributed by atoms with Gasteiger partial charge in [0.25, 0.3) is 0 Å². The van der Waals surface area contributed by atoms with Crippen LogP contribution in [0.2, 0.25) is 5.82 Å². The lowest BCUT2D eigenvalue weighted by atomic mass is 9.63. The van der Waals surface area contributed by atoms with Gasteiger partial charge in [-0.05, 0) is 18.7 Å². The third kappa shape index (κ3) is 2.45. The van der Waals surface area contributed by atoms with Crippen LogP contribution in [0.25, 0.3) is 0 Å². The van der Waals surface area contributed by atoms with Gasteiger partial charge in [0.15, 0.2) is 0 Å². The van der Waals surface area contributed by atoms with E-state index in [0.717, 1.165) is 0 Å². The second-order valence-electron chi connectivity index (χ2n) is 3.63. The predicted molar refractivity (Wildman–Crippen MR) is 48.2 cm³/mol. The van der Waals surface area contributed by atoms with Crippen LogP contribution in [-0.4, -0.2) is 36.4 Å². The molecule has 0 bridgehead atoms. The quantitative estimate of drug-likeness (QED) is 0.496. The SMILES string of the molecule is COC(=O)C1CCC(B(O)O)CC1F. The number of esters is 1. The first-order chi connectivity index (χ1) is 6.56. The minimum Gasteiger partial charge on any atom is -0.469 e. The van der Waals surface area contributed by atoms with Crippen molar-refractivity contribution in [3.8, 4) is 0 Å². The molecule has 1 fully saturated rings. The summed E-state index contributed by atoms with van der Waals surface area (Å²) in [4.78, 5) is 11.1. The number of ether oxygens (including phenoxy) is 1. The largest absolute Gasteiger partial charge is 0.469 e. The second-order valence-corrected chi connectivity index (χ2v) is 3.63. The molecule has 0 heterocycles. The van der Waals surface area contributed by atoms with E-state index in [-0.39, 0.29) is 6.42 Å². The molecular formula is C8H14BFO4. The van der Waals surface area contributed by atoms with E-state index >= 15 is 0 Å². The van der Waals surface area contributed by atoms with Gasteiger partial charge in [0, 0.05) is 0 Å². The van der Waals surface area contributed by atoms with Crippen LogP contribution in [0.15, 0.2) is 0 Å². The zero-order chi connectivity index (χ0) is 10.7. The first-order valence-electron chi connectivity index (χ1n) is 4.64. The number of hydrogen-bond acceptors (Lipinski definition) is 4. The van der Waals surface area contributed by atoms with Crippen molar-refractivity contribution in [3.63, 3.8) is 0 Å². The Morgan fingerprint density at radius 3 is 2.57 bits per heavy atom. The van der Waals surface area contributed by atoms with Gasteiger partial charge in [-0.1, -0.05) is 6.42 Å². The molecule has 1 aliphatic rings. The first-order valence-corrected chi connectivity index (χ1v) is 4.64. The highest BCUT2D eigenvalue weighted by atomic mass is 19.1. The normalized spacial score (nSPS) is 32.4. The summed E-state index contributed by atoms with van der Waals surface area (Å²) in [5.41, 5.74) is 0. The summed E-state index contributed by atoms with van der Waals surface area (Å²) in [6, 6.07) is 0. The summed E-state index contributed by atoms with van der Waals surface area (Å²) in [7, 11) is -0.269. The van der Waals surface area contributed by atoms with Crippen molar-refractivity contribution in [2.24, 2.45) is 5.92 Å². The van der Waals surface area contributed by atoms with E-state index < -0.39 is 31.0 Å². The Labute approximate surface area is 82.2 Å². The third-order valence-electron chi connectivity index (χ3n) is 2.74. The molecule has 0 radical (unpaired) electrons. The molecule has 14 heavy (non-hydrogen) atoms. The van der Waals surface area contributed by atoms with Crippen LogP contribution in [0.3, 0.4) is 0 Å². The first kappa shape index (κ1) is 11.5. The van der Waals surface area contributed by atoms with Crippen LogP contribution in [0.4, 0.5) is 4.39 Å². The Morgan fingerprint density at radius 2 is 2.14 bits per heavy atom. The highest BCUT2D eigenvalue weighted by molar-refractivity contribution is 6.43. The van der Waals surface area contributed by atoms with Crippen molar-refractivity contribution in [1.29, 1.82) is 0 Å². The van der Waals surface area contributed by atoms with Crippen molar-refractivity contribution < 1.29 is 24.0 Å². The zero-order valence-electron chi connectivity index (χ0n) is 8.02. The molecule has 2 N–H and O–H groups in total. The number of halogens is 1. The molecule has 1 aliphatic carbocycles. The van der Waals surface area contributed by atoms with Gasteiger partial charge in [-0.15, -0.1) is 0 Å². The minimum absolute atomic E-state index is 0.0113. The smallest absolute Gasteiger partial charge is 0.454 e. The number of rotatable bonds is 2. The maximum absolute atomic E-state index is 13.4. The molecule has 80 valence electrons. The molecule has 0 amide bonds. The fourth-order valence-corrected chi connectivity index (χ4v) is 1.83. The highest BCUT2D eigenvalue weighted by Crippen LogP contribution is 2.36. The summed E-state index contributed by atoms with van der Waals surface area (Å²) in [5.74, 6) is -1.76. The van der Waals surface area contributed by atoms with E-state index in [2.05, 4.69) is 4.74 Å². The van der Waals surface area contributed by atoms with Gasteiger partial charge in [-0.2, -0.15) is 0 Å². The van der Waals surface area contributed by atoms with Gasteiger partial charge in [0.1, 0.15) is 6.17 Å². The van der Waals surface area contributed by atoms with E-state index in [0.29, 0.717) is 12.8 Å². The van der Waals surface area contributed by atoms with Gasteiger partial charge < -0.3 is 14.8 Å². The number of methoxy groups -OCH3 is 1. The molecule has 0 aromatic carbocycles. The lowest BCUT2D eigenvalue weighted by Gasteiger charge is -2.29. The fraction of sp³-hybridized carbons (Fsp3) is 0.875. The third-order valence-corrected chi connectivity index (χ3v) is 2.74. The predicted octanol–water partition coefficient (Wildman–Crippen LogP) is 0.141. The summed E-state index contributed by atoms with van der Waals surface area (Å²) in [6.07, 6.45) is -0.561. The molecule has 0 aromatic rings. The summed E-state index contributed by atoms with van der Waals surface area (Å²) in [5, 5.41) is 17.7. The Morgan fingerprint density at radius 1 is 1.50 bits per heavy atom. The maximum Gasteiger partial charge on any atom is 0.454 e. The molecule has 1 saturated carbocycles. The number of carbonyl (C=O) groups is 1. The van der Waals surface area contributed by atoms with Crippen LogP contribution < -0.4 is 0 Å². The van der Waals surface area contributed by atoms with E-state index in [9.17, 15) is 9.18 Å². The number of carbonyl (C=O) groups excluding carboxylic acids is 1. The Kier molecular flexibility index (Phi) is 3.89. The lowest BCUT2D eigenvalue weighted by molar-refractivity contribution is -0.149. The standard InChI is InChI=1S/C8H14BFO4/c1-14-8(11)6-3-2-5(9(12)13)4-7(6)10/h5-7,12-13H,2-4H2,1H3. The van der Waals surface area contributed by atoms with Crippen LogP contribution in [0.1, 0.15) is 19.3 Å². The molecule has 6 heteroatoms. The maximum atomic E-state index is 13.4. The van der Waals surface area contributed by atoms with Gasteiger partial charge in [-0.25, -0.2) is 4.39 Å². The van der Waals surface area contributed by atoms with Crippen molar-refractivity contribution in [3.05, 3.63) is 0 Å². The molecule has 4 nitrogen and oxygen atoms in total. The number of hydrogen-bond donors (Lipinski definition) is 2. The monoisotopic (exact) mass is 204 g/mol. The van der Waals surface area contributed by atoms with Crippen molar-refractivity contribution in [2.75, 3.05) is 7.11 Å². The average molecular weight is 204 g/mol. The molecular weight excluding hydrogens is 190 g/mol. The topological polar surface area (TPSA) is 66.8 Å². The zero-order valence-corrected chi connectivity index (χ0v) is 8.02. The number of alkyl halides is 1. The minimum atomic E-state index is -1.49. The lowest BCUT2D eigenvalue weighted by Crippen LogP contribution is -2.35. The van der Waals surface area contributed by atoms with Crippen molar-refractivity contribution in [2.45, 2.75) is 31.3 Å². The summed E-state index contributed by atoms with van der Waals surface area (Å²) < 4.78 is 17.8. The van der Waals surface area contributed by atoms with Crippen molar-refractivity contribution in [1.82, 2.24) is 0 Å². The van der Waals surface area contributed by atoms with Gasteiger partial charge >= 0.3 is 13.1 Å². The van der Waals surface area contributed by atoms with Crippen LogP contribution in [0.5, 0.6) is 0 Å². The molecule has 3 atom stereocenters. The van der Waals surface area contributed by atoms with Crippen LogP contribution in [0, 0.1) is 5.92 Å². The summed E-state index contributed by atoms with van der Waals surface area (Å²) in [6.45, 7) is 0. The van der Waals surface area contributed by atoms with E-state index in [1.807, 2.05) is 0 Å². The van der Waals surface area contributed by atoms with E-state index in [1.165, 1.54) is 7.11 Å². The van der Waals surface area contributed by atoms with Gasteiger partial charge in [0.05, 0.1) is 13.0 Å². The second kappa shape index (κ2) is 4.75. The fourth-order valence-electron chi connectivity index (χ4n) is 1.83. The average Bonchev–Trinajstić information content (AvgIpc) is 2.16. The van der Waals surface area contributed by atoms with E-state index in [4.69, 9.17) is 10.0 Å². The molecule has 0 aromatic heterocycles. The van der Waals surface area contributed by atoms with Crippen LogP contribution in [-0.2, 0) is 9.53 Å². The Bertz CT molecular complexity index is 212.